The Morgan fingerprint density at radius 1 is 1.38 bits per heavy atom. The summed E-state index contributed by atoms with van der Waals surface area (Å²) in [6.45, 7) is 0.0232. The molecule has 13 heavy (non-hydrogen) atoms. The molecule has 2 amide bonds. The van der Waals surface area contributed by atoms with Crippen LogP contribution in [-0.4, -0.2) is 16.3 Å². The second-order valence-electron chi connectivity index (χ2n) is 2.75. The van der Waals surface area contributed by atoms with Crippen LogP contribution in [0.25, 0.3) is 0 Å². The van der Waals surface area contributed by atoms with Gasteiger partial charge in [0, 0.05) is 5.56 Å². The van der Waals surface area contributed by atoms with Crippen molar-refractivity contribution in [2.24, 2.45) is 0 Å². The molecule has 1 aromatic carbocycles. The van der Waals surface area contributed by atoms with E-state index in [1.165, 1.54) is 6.07 Å². The number of benzene rings is 1. The lowest BCUT2D eigenvalue weighted by Crippen LogP contribution is -2.40. The number of para-hydroxylation sites is 1. The van der Waals surface area contributed by atoms with Crippen LogP contribution in [0.5, 0.6) is 0 Å². The van der Waals surface area contributed by atoms with E-state index in [1.807, 2.05) is 0 Å². The highest BCUT2D eigenvalue weighted by Crippen LogP contribution is 2.27. The van der Waals surface area contributed by atoms with Crippen LogP contribution >= 0.6 is 0 Å². The number of halogens is 1. The molecule has 0 fully saturated rings. The lowest BCUT2D eigenvalue weighted by molar-refractivity contribution is -0.0547. The van der Waals surface area contributed by atoms with Crippen LogP contribution in [0.2, 0.25) is 0 Å². The van der Waals surface area contributed by atoms with Crippen LogP contribution in [-0.2, 0) is 6.54 Å². The minimum Gasteiger partial charge on any atom is -0.284 e. The lowest BCUT2D eigenvalue weighted by atomic mass is 10.1. The van der Waals surface area contributed by atoms with Crippen molar-refractivity contribution in [3.63, 3.8) is 0 Å². The Kier molecular flexibility index (Phi) is 1.66. The van der Waals surface area contributed by atoms with Crippen LogP contribution in [0.1, 0.15) is 5.56 Å². The van der Waals surface area contributed by atoms with E-state index in [9.17, 15) is 9.28 Å². The number of urea groups is 1. The SMILES string of the molecule is O=C1N(O)Cc2ccccc2N1F. The summed E-state index contributed by atoms with van der Waals surface area (Å²) in [7, 11) is 0. The van der Waals surface area contributed by atoms with Gasteiger partial charge < -0.3 is 0 Å². The van der Waals surface area contributed by atoms with Gasteiger partial charge in [-0.15, -0.1) is 5.12 Å². The van der Waals surface area contributed by atoms with Crippen molar-refractivity contribution in [2.45, 2.75) is 6.54 Å². The number of hydrogen-bond donors (Lipinski definition) is 1. The minimum absolute atomic E-state index is 0.0232. The Balaban J connectivity index is 2.49. The highest BCUT2D eigenvalue weighted by molar-refractivity contribution is 5.91. The first-order chi connectivity index (χ1) is 6.20. The van der Waals surface area contributed by atoms with Gasteiger partial charge in [-0.2, -0.15) is 5.06 Å². The summed E-state index contributed by atoms with van der Waals surface area (Å²) in [5.41, 5.74) is 0.768. The van der Waals surface area contributed by atoms with E-state index >= 15 is 0 Å². The smallest absolute Gasteiger partial charge is 0.284 e. The molecule has 5 heteroatoms. The summed E-state index contributed by atoms with van der Waals surface area (Å²) in [6, 6.07) is 5.43. The summed E-state index contributed by atoms with van der Waals surface area (Å²) < 4.78 is 13.1. The Morgan fingerprint density at radius 2 is 2.08 bits per heavy atom. The fourth-order valence-corrected chi connectivity index (χ4v) is 1.27. The Hall–Kier alpha value is -1.62. The van der Waals surface area contributed by atoms with Crippen LogP contribution < -0.4 is 5.12 Å². The topological polar surface area (TPSA) is 43.8 Å². The van der Waals surface area contributed by atoms with Crippen molar-refractivity contribution in [1.82, 2.24) is 5.06 Å². The molecule has 2 rings (SSSR count). The molecule has 0 spiro atoms. The van der Waals surface area contributed by atoms with E-state index in [0.717, 1.165) is 0 Å². The van der Waals surface area contributed by atoms with Crippen molar-refractivity contribution in [3.8, 4) is 0 Å². The molecule has 0 radical (unpaired) electrons. The molecule has 68 valence electrons. The van der Waals surface area contributed by atoms with Crippen molar-refractivity contribution in [2.75, 3.05) is 5.12 Å². The number of carbonyl (C=O) groups excluding carboxylic acids is 1. The zero-order valence-electron chi connectivity index (χ0n) is 6.64. The van der Waals surface area contributed by atoms with E-state index in [-0.39, 0.29) is 17.4 Å². The second-order valence-corrected chi connectivity index (χ2v) is 2.75. The average molecular weight is 182 g/mol. The second kappa shape index (κ2) is 2.70. The van der Waals surface area contributed by atoms with Gasteiger partial charge in [0.25, 0.3) is 0 Å². The Bertz CT molecular complexity index is 356. The quantitative estimate of drug-likeness (QED) is 0.490. The molecule has 0 aliphatic carbocycles. The largest absolute Gasteiger partial charge is 0.376 e. The summed E-state index contributed by atoms with van der Waals surface area (Å²) in [5.74, 6) is 0. The van der Waals surface area contributed by atoms with Gasteiger partial charge in [-0.1, -0.05) is 22.7 Å². The van der Waals surface area contributed by atoms with Crippen LogP contribution in [0.15, 0.2) is 24.3 Å². The summed E-state index contributed by atoms with van der Waals surface area (Å²) in [4.78, 5) is 10.9. The summed E-state index contributed by atoms with van der Waals surface area (Å²) >= 11 is 0. The van der Waals surface area contributed by atoms with E-state index in [2.05, 4.69) is 0 Å². The van der Waals surface area contributed by atoms with Gasteiger partial charge >= 0.3 is 6.03 Å². The number of amides is 2. The highest BCUT2D eigenvalue weighted by atomic mass is 19.2. The van der Waals surface area contributed by atoms with Crippen LogP contribution in [0.4, 0.5) is 15.0 Å². The van der Waals surface area contributed by atoms with Gasteiger partial charge in [0.15, 0.2) is 0 Å². The van der Waals surface area contributed by atoms with E-state index in [1.54, 1.807) is 18.2 Å². The molecule has 1 heterocycles. The number of rotatable bonds is 0. The van der Waals surface area contributed by atoms with Gasteiger partial charge in [-0.3, -0.25) is 5.21 Å². The molecule has 1 aromatic rings. The molecule has 1 aliphatic heterocycles. The number of fused-ring (bicyclic) bond motifs is 1. The maximum Gasteiger partial charge on any atom is 0.376 e. The first-order valence-electron chi connectivity index (χ1n) is 3.74. The number of nitrogens with zero attached hydrogens (tertiary/aromatic N) is 2. The summed E-state index contributed by atoms with van der Waals surface area (Å²) in [6.07, 6.45) is 0. The van der Waals surface area contributed by atoms with Crippen molar-refractivity contribution in [3.05, 3.63) is 29.8 Å². The molecular formula is C8H7FN2O2. The third-order valence-corrected chi connectivity index (χ3v) is 1.91. The van der Waals surface area contributed by atoms with Gasteiger partial charge in [0.2, 0.25) is 0 Å². The normalized spacial score (nSPS) is 16.0. The maximum atomic E-state index is 13.1. The summed E-state index contributed by atoms with van der Waals surface area (Å²) in [5, 5.41) is 9.26. The first-order valence-corrected chi connectivity index (χ1v) is 3.74. The maximum absolute atomic E-state index is 13.1. The Labute approximate surface area is 73.7 Å². The van der Waals surface area contributed by atoms with E-state index in [0.29, 0.717) is 10.6 Å². The van der Waals surface area contributed by atoms with Crippen LogP contribution in [0.3, 0.4) is 0 Å². The Morgan fingerprint density at radius 3 is 2.85 bits per heavy atom. The molecule has 1 N–H and O–H groups in total. The number of hydroxylamine groups is 2. The monoisotopic (exact) mass is 182 g/mol. The number of carbonyl (C=O) groups is 1. The number of hydrogen-bond acceptors (Lipinski definition) is 2. The molecule has 0 saturated carbocycles. The van der Waals surface area contributed by atoms with Gasteiger partial charge in [-0.05, 0) is 6.07 Å². The van der Waals surface area contributed by atoms with Gasteiger partial charge in [0.1, 0.15) is 0 Å². The molecule has 0 bridgehead atoms. The standard InChI is InChI=1S/C8H7FN2O2/c9-11-7-4-2-1-3-6(7)5-10(13)8(11)12/h1-4,13H,5H2. The van der Waals surface area contributed by atoms with E-state index in [4.69, 9.17) is 5.21 Å². The average Bonchev–Trinajstić information content (AvgIpc) is 2.15. The molecule has 1 aliphatic rings. The van der Waals surface area contributed by atoms with E-state index < -0.39 is 6.03 Å². The zero-order valence-corrected chi connectivity index (χ0v) is 6.64. The lowest BCUT2D eigenvalue weighted by Gasteiger charge is -2.26. The van der Waals surface area contributed by atoms with Crippen molar-refractivity contribution in [1.29, 1.82) is 0 Å². The molecule has 4 nitrogen and oxygen atoms in total. The molecular weight excluding hydrogens is 175 g/mol. The fraction of sp³-hybridized carbons (Fsp3) is 0.125. The van der Waals surface area contributed by atoms with Crippen molar-refractivity contribution < 1.29 is 14.5 Å². The molecule has 0 atom stereocenters. The first kappa shape index (κ1) is 8.00. The minimum atomic E-state index is -1.06. The van der Waals surface area contributed by atoms with Crippen molar-refractivity contribution >= 4 is 11.7 Å². The zero-order chi connectivity index (χ0) is 9.42. The van der Waals surface area contributed by atoms with Crippen LogP contribution in [0, 0.1) is 0 Å². The fourth-order valence-electron chi connectivity index (χ4n) is 1.27. The third kappa shape index (κ3) is 1.13. The van der Waals surface area contributed by atoms with Gasteiger partial charge in [-0.25, -0.2) is 4.79 Å². The molecule has 0 aromatic heterocycles. The molecule has 0 unspecified atom stereocenters. The van der Waals surface area contributed by atoms with Gasteiger partial charge in [0.05, 0.1) is 12.2 Å². The predicted octanol–water partition coefficient (Wildman–Crippen LogP) is 1.70. The highest BCUT2D eigenvalue weighted by Gasteiger charge is 2.29. The predicted molar refractivity (Wildman–Crippen MR) is 42.8 cm³/mol. The molecule has 0 saturated heterocycles. The number of anilines is 1. The third-order valence-electron chi connectivity index (χ3n) is 1.91.